The number of benzene rings is 8. The molecule has 0 N–H and O–H groups in total. The molecule has 11 rings (SSSR count). The Morgan fingerprint density at radius 1 is 0.417 bits per heavy atom. The van der Waals surface area contributed by atoms with E-state index in [2.05, 4.69) is 233 Å². The van der Waals surface area contributed by atoms with E-state index >= 15 is 0 Å². The van der Waals surface area contributed by atoms with Gasteiger partial charge in [0.2, 0.25) is 0 Å². The molecular formula is C58H50N2. The van der Waals surface area contributed by atoms with E-state index in [1.807, 2.05) is 0 Å². The highest BCUT2D eigenvalue weighted by Crippen LogP contribution is 2.55. The van der Waals surface area contributed by atoms with Gasteiger partial charge in [-0.2, -0.15) is 0 Å². The average Bonchev–Trinajstić information content (AvgIpc) is 3.79. The van der Waals surface area contributed by atoms with E-state index in [0.29, 0.717) is 0 Å². The third kappa shape index (κ3) is 5.54. The summed E-state index contributed by atoms with van der Waals surface area (Å²) in [5, 5.41) is 2.50. The van der Waals surface area contributed by atoms with Crippen molar-refractivity contribution >= 4 is 38.9 Å². The van der Waals surface area contributed by atoms with Crippen molar-refractivity contribution in [3.8, 4) is 39.1 Å². The van der Waals surface area contributed by atoms with E-state index in [-0.39, 0.29) is 16.2 Å². The lowest BCUT2D eigenvalue weighted by Gasteiger charge is -2.29. The SMILES string of the molecule is CC1(C)CC(C)(C)c2cc(-n3c4cc(-c5ccccc5)ccc4c4ccc(N(c5ccc(-c6ccccc6)cc5)c5cccc6c5-c5ccccc5C6(C)C)cc43)ccc21. The summed E-state index contributed by atoms with van der Waals surface area (Å²) in [6, 6.07) is 67.9. The Morgan fingerprint density at radius 3 is 1.72 bits per heavy atom. The summed E-state index contributed by atoms with van der Waals surface area (Å²) in [5.41, 5.74) is 20.3. The predicted octanol–water partition coefficient (Wildman–Crippen LogP) is 15.9. The van der Waals surface area contributed by atoms with Gasteiger partial charge in [0.05, 0.1) is 16.7 Å². The van der Waals surface area contributed by atoms with Crippen molar-refractivity contribution in [1.29, 1.82) is 0 Å². The molecule has 0 radical (unpaired) electrons. The molecule has 1 heterocycles. The molecule has 0 fully saturated rings. The largest absolute Gasteiger partial charge is 0.310 e. The van der Waals surface area contributed by atoms with Crippen molar-refractivity contribution < 1.29 is 0 Å². The van der Waals surface area contributed by atoms with E-state index < -0.39 is 0 Å². The topological polar surface area (TPSA) is 8.17 Å². The van der Waals surface area contributed by atoms with Gasteiger partial charge in [0.15, 0.2) is 0 Å². The molecular weight excluding hydrogens is 725 g/mol. The van der Waals surface area contributed by atoms with E-state index in [9.17, 15) is 0 Å². The fourth-order valence-corrected chi connectivity index (χ4v) is 11.1. The van der Waals surface area contributed by atoms with Gasteiger partial charge >= 0.3 is 0 Å². The zero-order valence-corrected chi connectivity index (χ0v) is 35.4. The van der Waals surface area contributed by atoms with Gasteiger partial charge < -0.3 is 9.47 Å². The Bertz CT molecular complexity index is 3130. The fraction of sp³-hybridized carbons (Fsp3) is 0.172. The predicted molar refractivity (Wildman–Crippen MR) is 255 cm³/mol. The maximum atomic E-state index is 2.53. The molecule has 2 aliphatic rings. The molecule has 0 bridgehead atoms. The third-order valence-corrected chi connectivity index (χ3v) is 13.8. The lowest BCUT2D eigenvalue weighted by molar-refractivity contribution is 0.403. The van der Waals surface area contributed by atoms with Crippen LogP contribution in [-0.2, 0) is 16.2 Å². The van der Waals surface area contributed by atoms with Crippen LogP contribution >= 0.6 is 0 Å². The smallest absolute Gasteiger partial charge is 0.0561 e. The Balaban J connectivity index is 1.18. The fourth-order valence-electron chi connectivity index (χ4n) is 11.1. The first kappa shape index (κ1) is 36.4. The van der Waals surface area contributed by atoms with Gasteiger partial charge in [-0.25, -0.2) is 0 Å². The quantitative estimate of drug-likeness (QED) is 0.163. The minimum atomic E-state index is -0.118. The van der Waals surface area contributed by atoms with Gasteiger partial charge in [0, 0.05) is 38.8 Å². The van der Waals surface area contributed by atoms with Crippen LogP contribution in [0.1, 0.15) is 70.2 Å². The van der Waals surface area contributed by atoms with E-state index in [1.54, 1.807) is 0 Å². The normalized spacial score (nSPS) is 15.5. The van der Waals surface area contributed by atoms with Gasteiger partial charge in [-0.05, 0) is 116 Å². The van der Waals surface area contributed by atoms with Crippen molar-refractivity contribution in [3.63, 3.8) is 0 Å². The number of aromatic nitrogens is 1. The minimum absolute atomic E-state index is 0.0778. The molecule has 8 aromatic carbocycles. The number of rotatable bonds is 6. The number of hydrogen-bond acceptors (Lipinski definition) is 1. The van der Waals surface area contributed by atoms with Gasteiger partial charge in [-0.3, -0.25) is 0 Å². The van der Waals surface area contributed by atoms with Crippen LogP contribution in [0.3, 0.4) is 0 Å². The second kappa shape index (κ2) is 13.2. The highest BCUT2D eigenvalue weighted by Gasteiger charge is 2.42. The lowest BCUT2D eigenvalue weighted by atomic mass is 9.82. The van der Waals surface area contributed by atoms with Crippen LogP contribution in [0.5, 0.6) is 0 Å². The summed E-state index contributed by atoms with van der Waals surface area (Å²) in [7, 11) is 0. The van der Waals surface area contributed by atoms with Crippen molar-refractivity contribution in [3.05, 3.63) is 204 Å². The molecule has 0 atom stereocenters. The first-order valence-corrected chi connectivity index (χ1v) is 21.5. The van der Waals surface area contributed by atoms with Gasteiger partial charge in [0.25, 0.3) is 0 Å². The molecule has 1 aromatic heterocycles. The molecule has 0 unspecified atom stereocenters. The second-order valence-corrected chi connectivity index (χ2v) is 18.9. The zero-order chi connectivity index (χ0) is 41.0. The van der Waals surface area contributed by atoms with E-state index in [1.165, 1.54) is 88.8 Å². The summed E-state index contributed by atoms with van der Waals surface area (Å²) in [6.45, 7) is 14.4. The van der Waals surface area contributed by atoms with E-state index in [0.717, 1.165) is 17.8 Å². The Labute approximate surface area is 354 Å². The van der Waals surface area contributed by atoms with Crippen LogP contribution < -0.4 is 4.90 Å². The maximum Gasteiger partial charge on any atom is 0.0561 e. The summed E-state index contributed by atoms with van der Waals surface area (Å²) < 4.78 is 2.53. The minimum Gasteiger partial charge on any atom is -0.310 e. The van der Waals surface area contributed by atoms with Crippen LogP contribution in [0.25, 0.3) is 60.9 Å². The summed E-state index contributed by atoms with van der Waals surface area (Å²) in [5.74, 6) is 0. The van der Waals surface area contributed by atoms with Crippen molar-refractivity contribution in [2.45, 2.75) is 64.2 Å². The van der Waals surface area contributed by atoms with Crippen LogP contribution in [0, 0.1) is 0 Å². The van der Waals surface area contributed by atoms with Crippen molar-refractivity contribution in [1.82, 2.24) is 4.57 Å². The first-order valence-electron chi connectivity index (χ1n) is 21.5. The molecule has 0 saturated carbocycles. The van der Waals surface area contributed by atoms with E-state index in [4.69, 9.17) is 0 Å². The molecule has 2 heteroatoms. The molecule has 2 nitrogen and oxygen atoms in total. The number of nitrogens with zero attached hydrogens (tertiary/aromatic N) is 2. The standard InChI is InChI=1S/C58H50N2/c1-56(2)37-57(3,4)51-35-43(30-33-49(51)56)60-53-34-41(39-18-11-8-12-19-39)26-31-45(53)46-32-29-44(36-54(46)60)59(42-27-24-40(25-28-42)38-16-9-7-10-17-38)52-23-15-22-50-55(52)47-20-13-14-21-48(47)58(50,5)6/h7-36H,37H2,1-6H3. The molecule has 0 amide bonds. The summed E-state index contributed by atoms with van der Waals surface area (Å²) in [6.07, 6.45) is 1.13. The van der Waals surface area contributed by atoms with Crippen LogP contribution in [-0.4, -0.2) is 4.57 Å². The molecule has 60 heavy (non-hydrogen) atoms. The lowest BCUT2D eigenvalue weighted by Crippen LogP contribution is -2.18. The third-order valence-electron chi connectivity index (χ3n) is 13.8. The number of hydrogen-bond donors (Lipinski definition) is 0. The summed E-state index contributed by atoms with van der Waals surface area (Å²) in [4.78, 5) is 2.50. The van der Waals surface area contributed by atoms with Crippen LogP contribution in [0.2, 0.25) is 0 Å². The molecule has 2 aliphatic carbocycles. The average molecular weight is 775 g/mol. The monoisotopic (exact) mass is 774 g/mol. The first-order chi connectivity index (χ1) is 29.0. The van der Waals surface area contributed by atoms with Crippen LogP contribution in [0.4, 0.5) is 17.1 Å². The Kier molecular flexibility index (Phi) is 8.01. The Morgan fingerprint density at radius 2 is 0.983 bits per heavy atom. The van der Waals surface area contributed by atoms with Gasteiger partial charge in [0.1, 0.15) is 0 Å². The number of fused-ring (bicyclic) bond motifs is 7. The molecule has 0 saturated heterocycles. The van der Waals surface area contributed by atoms with Gasteiger partial charge in [-0.1, -0.05) is 175 Å². The summed E-state index contributed by atoms with van der Waals surface area (Å²) >= 11 is 0. The molecule has 0 spiro atoms. The maximum absolute atomic E-state index is 2.53. The van der Waals surface area contributed by atoms with Crippen LogP contribution in [0.15, 0.2) is 182 Å². The Hall–Kier alpha value is -6.64. The van der Waals surface area contributed by atoms with Crippen molar-refractivity contribution in [2.75, 3.05) is 4.90 Å². The van der Waals surface area contributed by atoms with Crippen molar-refractivity contribution in [2.24, 2.45) is 0 Å². The second-order valence-electron chi connectivity index (χ2n) is 18.9. The van der Waals surface area contributed by atoms with Gasteiger partial charge in [-0.15, -0.1) is 0 Å². The zero-order valence-electron chi connectivity index (χ0n) is 35.4. The highest BCUT2D eigenvalue weighted by atomic mass is 15.1. The highest BCUT2D eigenvalue weighted by molar-refractivity contribution is 6.11. The molecule has 0 aliphatic heterocycles. The molecule has 9 aromatic rings. The molecule has 292 valence electrons. The number of anilines is 3.